The van der Waals surface area contributed by atoms with E-state index in [4.69, 9.17) is 4.74 Å². The van der Waals surface area contributed by atoms with E-state index in [1.165, 1.54) is 0 Å². The molecule has 1 N–H and O–H groups in total. The van der Waals surface area contributed by atoms with Crippen LogP contribution in [0, 0.1) is 0 Å². The van der Waals surface area contributed by atoms with Crippen molar-refractivity contribution in [3.8, 4) is 0 Å². The summed E-state index contributed by atoms with van der Waals surface area (Å²) in [6.07, 6.45) is -0.816. The van der Waals surface area contributed by atoms with Crippen molar-refractivity contribution < 1.29 is 27.5 Å². The van der Waals surface area contributed by atoms with E-state index in [9.17, 15) is 22.8 Å². The minimum atomic E-state index is -4.43. The molecule has 2 heterocycles. The highest BCUT2D eigenvalue weighted by Gasteiger charge is 2.41. The first-order valence-corrected chi connectivity index (χ1v) is 8.39. The summed E-state index contributed by atoms with van der Waals surface area (Å²) in [7, 11) is 0. The van der Waals surface area contributed by atoms with Crippen molar-refractivity contribution in [3.63, 3.8) is 0 Å². The van der Waals surface area contributed by atoms with Gasteiger partial charge in [-0.05, 0) is 32.1 Å². The van der Waals surface area contributed by atoms with Gasteiger partial charge < -0.3 is 19.9 Å². The van der Waals surface area contributed by atoms with Crippen molar-refractivity contribution in [3.05, 3.63) is 0 Å². The number of nitrogens with one attached hydrogen (secondary N) is 1. The fourth-order valence-corrected chi connectivity index (χ4v) is 3.86. The predicted octanol–water partition coefficient (Wildman–Crippen LogP) is 1.50. The Labute approximate surface area is 138 Å². The number of alkyl halides is 3. The van der Waals surface area contributed by atoms with Crippen LogP contribution >= 0.6 is 0 Å². The van der Waals surface area contributed by atoms with Gasteiger partial charge in [-0.15, -0.1) is 0 Å². The van der Waals surface area contributed by atoms with Gasteiger partial charge in [0, 0.05) is 13.1 Å². The van der Waals surface area contributed by atoms with E-state index in [-0.39, 0.29) is 24.7 Å². The molecule has 3 rings (SSSR count). The topological polar surface area (TPSA) is 61.9 Å². The van der Waals surface area contributed by atoms with Gasteiger partial charge in [-0.2, -0.15) is 13.2 Å². The Bertz CT molecular complexity index is 500. The van der Waals surface area contributed by atoms with Crippen molar-refractivity contribution in [1.29, 1.82) is 0 Å². The molecule has 1 aliphatic carbocycles. The minimum Gasteiger partial charge on any atom is -0.374 e. The van der Waals surface area contributed by atoms with E-state index in [0.717, 1.165) is 24.2 Å². The molecule has 2 aliphatic heterocycles. The van der Waals surface area contributed by atoms with Gasteiger partial charge in [0.05, 0.1) is 18.8 Å². The molecule has 0 aromatic carbocycles. The van der Waals surface area contributed by atoms with Crippen LogP contribution < -0.4 is 5.32 Å². The van der Waals surface area contributed by atoms with Gasteiger partial charge in [0.1, 0.15) is 12.6 Å². The van der Waals surface area contributed by atoms with Gasteiger partial charge in [0.25, 0.3) is 0 Å². The summed E-state index contributed by atoms with van der Waals surface area (Å²) >= 11 is 0. The average molecular weight is 349 g/mol. The van der Waals surface area contributed by atoms with E-state index < -0.39 is 24.7 Å². The Balaban J connectivity index is 1.60. The first-order chi connectivity index (χ1) is 11.3. The molecule has 136 valence electrons. The summed E-state index contributed by atoms with van der Waals surface area (Å²) in [6.45, 7) is -0.291. The molecule has 0 radical (unpaired) electrons. The van der Waals surface area contributed by atoms with Crippen molar-refractivity contribution in [1.82, 2.24) is 15.1 Å². The van der Waals surface area contributed by atoms with Crippen molar-refractivity contribution in [2.24, 2.45) is 0 Å². The number of morpholine rings is 1. The lowest BCUT2D eigenvalue weighted by Gasteiger charge is -2.39. The predicted molar refractivity (Wildman–Crippen MR) is 78.3 cm³/mol. The van der Waals surface area contributed by atoms with Crippen LogP contribution in [-0.2, 0) is 9.53 Å². The first kappa shape index (κ1) is 17.3. The van der Waals surface area contributed by atoms with Crippen molar-refractivity contribution in [2.45, 2.75) is 56.5 Å². The maximum atomic E-state index is 12.5. The summed E-state index contributed by atoms with van der Waals surface area (Å²) in [4.78, 5) is 27.2. The van der Waals surface area contributed by atoms with E-state index >= 15 is 0 Å². The maximum Gasteiger partial charge on any atom is 0.406 e. The number of hydrogen-bond donors (Lipinski definition) is 1. The zero-order valence-corrected chi connectivity index (χ0v) is 13.3. The highest BCUT2D eigenvalue weighted by molar-refractivity contribution is 5.87. The van der Waals surface area contributed by atoms with Gasteiger partial charge in [-0.25, -0.2) is 4.79 Å². The number of urea groups is 1. The third-order valence-electron chi connectivity index (χ3n) is 4.94. The molecule has 6 nitrogen and oxygen atoms in total. The van der Waals surface area contributed by atoms with Gasteiger partial charge in [0.2, 0.25) is 5.91 Å². The quantitative estimate of drug-likeness (QED) is 0.822. The summed E-state index contributed by atoms with van der Waals surface area (Å²) in [6, 6.07) is -1.25. The van der Waals surface area contributed by atoms with Crippen LogP contribution in [0.2, 0.25) is 0 Å². The maximum absolute atomic E-state index is 12.5. The van der Waals surface area contributed by atoms with Crippen LogP contribution in [0.1, 0.15) is 32.1 Å². The number of nitrogens with zero attached hydrogens (tertiary/aromatic N) is 2. The summed E-state index contributed by atoms with van der Waals surface area (Å²) in [5.74, 6) is -0.650. The number of hydrogen-bond acceptors (Lipinski definition) is 3. The Kier molecular flexibility index (Phi) is 4.89. The number of fused-ring (bicyclic) bond motifs is 1. The van der Waals surface area contributed by atoms with Crippen LogP contribution in [-0.4, -0.2) is 72.3 Å². The van der Waals surface area contributed by atoms with Crippen LogP contribution in [0.3, 0.4) is 0 Å². The molecule has 24 heavy (non-hydrogen) atoms. The lowest BCUT2D eigenvalue weighted by Crippen LogP contribution is -2.60. The number of rotatable bonds is 2. The molecule has 0 bridgehead atoms. The third kappa shape index (κ3) is 3.76. The third-order valence-corrected chi connectivity index (χ3v) is 4.94. The molecule has 3 fully saturated rings. The lowest BCUT2D eigenvalue weighted by atomic mass is 10.0. The smallest absolute Gasteiger partial charge is 0.374 e. The molecule has 0 aromatic heterocycles. The zero-order chi connectivity index (χ0) is 17.3. The summed E-state index contributed by atoms with van der Waals surface area (Å²) in [5, 5.41) is 2.64. The molecule has 0 aromatic rings. The second-order valence-corrected chi connectivity index (χ2v) is 6.62. The fraction of sp³-hybridized carbons (Fsp3) is 0.867. The second-order valence-electron chi connectivity index (χ2n) is 6.62. The molecule has 0 spiro atoms. The Morgan fingerprint density at radius 1 is 1.21 bits per heavy atom. The second kappa shape index (κ2) is 6.78. The van der Waals surface area contributed by atoms with Gasteiger partial charge in [0.15, 0.2) is 0 Å². The average Bonchev–Trinajstić information content (AvgIpc) is 2.98. The van der Waals surface area contributed by atoms with E-state index in [1.807, 2.05) is 0 Å². The van der Waals surface area contributed by atoms with Gasteiger partial charge in [-0.3, -0.25) is 4.79 Å². The number of halogens is 3. The molecule has 9 heteroatoms. The van der Waals surface area contributed by atoms with Gasteiger partial charge >= 0.3 is 12.2 Å². The Hall–Kier alpha value is -1.51. The molecule has 3 aliphatic rings. The number of carbonyl (C=O) groups is 2. The number of likely N-dealkylation sites (tertiary alicyclic amines) is 1. The van der Waals surface area contributed by atoms with Crippen LogP contribution in [0.15, 0.2) is 0 Å². The number of carbonyl (C=O) groups excluding carboxylic acids is 2. The summed E-state index contributed by atoms with van der Waals surface area (Å²) in [5.41, 5.74) is 0. The number of ether oxygens (including phenoxy) is 1. The fourth-order valence-electron chi connectivity index (χ4n) is 3.86. The molecule has 2 saturated heterocycles. The monoisotopic (exact) mass is 349 g/mol. The Morgan fingerprint density at radius 3 is 2.75 bits per heavy atom. The normalized spacial score (nSPS) is 31.1. The number of piperidine rings is 1. The first-order valence-electron chi connectivity index (χ1n) is 8.39. The highest BCUT2D eigenvalue weighted by Crippen LogP contribution is 2.30. The van der Waals surface area contributed by atoms with E-state index in [2.05, 4.69) is 5.32 Å². The lowest BCUT2D eigenvalue weighted by molar-refractivity contribution is -0.164. The largest absolute Gasteiger partial charge is 0.406 e. The molecule has 0 unspecified atom stereocenters. The van der Waals surface area contributed by atoms with Crippen LogP contribution in [0.5, 0.6) is 0 Å². The molecule has 3 atom stereocenters. The highest BCUT2D eigenvalue weighted by atomic mass is 19.4. The zero-order valence-electron chi connectivity index (χ0n) is 13.3. The van der Waals surface area contributed by atoms with E-state index in [1.54, 1.807) is 4.90 Å². The molecule has 1 saturated carbocycles. The van der Waals surface area contributed by atoms with Gasteiger partial charge in [-0.1, -0.05) is 0 Å². The molecular formula is C15H22F3N3O3. The molecule has 3 amide bonds. The number of amides is 3. The van der Waals surface area contributed by atoms with Crippen molar-refractivity contribution >= 4 is 11.9 Å². The van der Waals surface area contributed by atoms with Crippen LogP contribution in [0.25, 0.3) is 0 Å². The molecular weight excluding hydrogens is 327 g/mol. The standard InChI is InChI=1S/C15H22F3N3O3/c16-15(17,18)9-20-6-2-3-10(13(20)22)19-14(23)21-7-8-24-12-5-1-4-11(12)21/h10-12H,1-9H2,(H,19,23)/t10-,11+,12-/m0/s1. The minimum absolute atomic E-state index is 0.00345. The van der Waals surface area contributed by atoms with Crippen molar-refractivity contribution in [2.75, 3.05) is 26.2 Å². The Morgan fingerprint density at radius 2 is 2.00 bits per heavy atom. The van der Waals surface area contributed by atoms with E-state index in [0.29, 0.717) is 26.0 Å². The van der Waals surface area contributed by atoms with Crippen LogP contribution in [0.4, 0.5) is 18.0 Å². The summed E-state index contributed by atoms with van der Waals surface area (Å²) < 4.78 is 43.3. The SMILES string of the molecule is O=C1[C@@H](NC(=O)N2CCO[C@H]3CCC[C@H]32)CCCN1CC(F)(F)F.